The van der Waals surface area contributed by atoms with Crippen LogP contribution in [-0.2, 0) is 4.79 Å². The minimum Gasteiger partial charge on any atom is -0.497 e. The normalized spacial score (nSPS) is 10.8. The molecule has 3 aromatic carbocycles. The van der Waals surface area contributed by atoms with Crippen molar-refractivity contribution in [1.29, 1.82) is 0 Å². The second kappa shape index (κ2) is 11.0. The number of hydrogen-bond donors (Lipinski definition) is 1. The van der Waals surface area contributed by atoms with E-state index in [1.165, 1.54) is 11.8 Å². The fraction of sp³-hybridized carbons (Fsp3) is 0.0909. The van der Waals surface area contributed by atoms with Crippen LogP contribution in [0.25, 0.3) is 0 Å². The Hall–Kier alpha value is -2.41. The molecule has 3 aromatic rings. The van der Waals surface area contributed by atoms with Crippen molar-refractivity contribution in [2.24, 2.45) is 5.10 Å². The fourth-order valence-corrected chi connectivity index (χ4v) is 3.93. The summed E-state index contributed by atoms with van der Waals surface area (Å²) in [5, 5.41) is 4.75. The van der Waals surface area contributed by atoms with Crippen LogP contribution >= 0.6 is 35.1 Å². The molecule has 7 heteroatoms. The Kier molecular flexibility index (Phi) is 8.04. The van der Waals surface area contributed by atoms with Crippen LogP contribution in [0.15, 0.2) is 92.6 Å². The molecular formula is C22H19ClN2O2S2. The highest BCUT2D eigenvalue weighted by Crippen LogP contribution is 2.28. The van der Waals surface area contributed by atoms with Gasteiger partial charge in [0.25, 0.3) is 0 Å². The van der Waals surface area contributed by atoms with Crippen LogP contribution in [0.1, 0.15) is 5.56 Å². The molecule has 0 aliphatic rings. The van der Waals surface area contributed by atoms with Gasteiger partial charge in [-0.25, -0.2) is 5.43 Å². The molecule has 0 aliphatic carbocycles. The van der Waals surface area contributed by atoms with E-state index in [2.05, 4.69) is 10.5 Å². The third-order valence-electron chi connectivity index (χ3n) is 3.76. The molecule has 0 spiro atoms. The van der Waals surface area contributed by atoms with Crippen molar-refractivity contribution in [3.05, 3.63) is 83.4 Å². The second-order valence-electron chi connectivity index (χ2n) is 5.88. The van der Waals surface area contributed by atoms with E-state index in [1.54, 1.807) is 25.1 Å². The Labute approximate surface area is 183 Å². The average molecular weight is 443 g/mol. The van der Waals surface area contributed by atoms with E-state index in [9.17, 15) is 4.79 Å². The molecule has 29 heavy (non-hydrogen) atoms. The summed E-state index contributed by atoms with van der Waals surface area (Å²) in [4.78, 5) is 15.2. The quantitative estimate of drug-likeness (QED) is 0.274. The van der Waals surface area contributed by atoms with Gasteiger partial charge in [-0.1, -0.05) is 35.5 Å². The average Bonchev–Trinajstić information content (AvgIpc) is 2.75. The topological polar surface area (TPSA) is 50.7 Å². The summed E-state index contributed by atoms with van der Waals surface area (Å²) in [5.74, 6) is 0.929. The van der Waals surface area contributed by atoms with Gasteiger partial charge in [-0.3, -0.25) is 4.79 Å². The summed E-state index contributed by atoms with van der Waals surface area (Å²) in [6.45, 7) is 0. The third kappa shape index (κ3) is 7.16. The van der Waals surface area contributed by atoms with Gasteiger partial charge in [0.15, 0.2) is 0 Å². The molecule has 0 heterocycles. The van der Waals surface area contributed by atoms with E-state index in [0.717, 1.165) is 31.0 Å². The third-order valence-corrected chi connectivity index (χ3v) is 6.04. The van der Waals surface area contributed by atoms with Crippen molar-refractivity contribution < 1.29 is 9.53 Å². The molecule has 0 saturated carbocycles. The molecule has 4 nitrogen and oxygen atoms in total. The minimum atomic E-state index is -0.156. The highest BCUT2D eigenvalue weighted by Gasteiger charge is 2.02. The molecule has 0 radical (unpaired) electrons. The van der Waals surface area contributed by atoms with Crippen molar-refractivity contribution >= 4 is 47.2 Å². The van der Waals surface area contributed by atoms with Crippen LogP contribution in [0, 0.1) is 0 Å². The van der Waals surface area contributed by atoms with E-state index in [-0.39, 0.29) is 5.91 Å². The van der Waals surface area contributed by atoms with Gasteiger partial charge in [0, 0.05) is 19.7 Å². The number of amides is 1. The number of nitrogens with one attached hydrogen (secondary N) is 1. The van der Waals surface area contributed by atoms with Crippen molar-refractivity contribution in [3.63, 3.8) is 0 Å². The molecule has 3 rings (SSSR count). The summed E-state index contributed by atoms with van der Waals surface area (Å²) >= 11 is 9.01. The number of thioether (sulfide) groups is 1. The number of halogens is 1. The van der Waals surface area contributed by atoms with Crippen LogP contribution in [0.5, 0.6) is 5.75 Å². The van der Waals surface area contributed by atoms with E-state index in [4.69, 9.17) is 16.3 Å². The van der Waals surface area contributed by atoms with E-state index >= 15 is 0 Å². The lowest BCUT2D eigenvalue weighted by Gasteiger charge is -2.03. The van der Waals surface area contributed by atoms with Gasteiger partial charge in [-0.15, -0.1) is 11.8 Å². The molecule has 0 aromatic heterocycles. The summed E-state index contributed by atoms with van der Waals surface area (Å²) in [5.41, 5.74) is 3.46. The minimum absolute atomic E-state index is 0.156. The standard InChI is InChI=1S/C22H19ClN2O2S2/c1-27-18-6-12-19(13-7-18)28-15-22(26)25-24-14-16-2-8-20(9-3-16)29-21-10-4-17(23)5-11-21/h2-14H,15H2,1H3,(H,25,26)/b24-14+. The van der Waals surface area contributed by atoms with E-state index in [0.29, 0.717) is 5.75 Å². The van der Waals surface area contributed by atoms with Crippen molar-refractivity contribution in [3.8, 4) is 5.75 Å². The van der Waals surface area contributed by atoms with Gasteiger partial charge in [0.05, 0.1) is 19.1 Å². The first kappa shape index (κ1) is 21.3. The molecule has 0 fully saturated rings. The smallest absolute Gasteiger partial charge is 0.250 e. The first-order valence-corrected chi connectivity index (χ1v) is 10.9. The number of carbonyl (C=O) groups excluding carboxylic acids is 1. The Bertz CT molecular complexity index is 960. The Morgan fingerprint density at radius 1 is 0.966 bits per heavy atom. The summed E-state index contributed by atoms with van der Waals surface area (Å²) in [7, 11) is 1.62. The van der Waals surface area contributed by atoms with Crippen molar-refractivity contribution in [1.82, 2.24) is 5.43 Å². The van der Waals surface area contributed by atoms with Gasteiger partial charge in [0.2, 0.25) is 5.91 Å². The lowest BCUT2D eigenvalue weighted by molar-refractivity contribution is -0.118. The zero-order valence-corrected chi connectivity index (χ0v) is 18.1. The molecule has 148 valence electrons. The molecule has 1 amide bonds. The van der Waals surface area contributed by atoms with Crippen molar-refractivity contribution in [2.45, 2.75) is 14.7 Å². The second-order valence-corrected chi connectivity index (χ2v) is 8.51. The van der Waals surface area contributed by atoms with Crippen molar-refractivity contribution in [2.75, 3.05) is 12.9 Å². The maximum absolute atomic E-state index is 11.9. The molecule has 0 aliphatic heterocycles. The maximum atomic E-state index is 11.9. The summed E-state index contributed by atoms with van der Waals surface area (Å²) in [6, 6.07) is 23.3. The number of ether oxygens (including phenoxy) is 1. The zero-order valence-electron chi connectivity index (χ0n) is 15.7. The lowest BCUT2D eigenvalue weighted by atomic mass is 10.2. The van der Waals surface area contributed by atoms with E-state index in [1.807, 2.05) is 72.8 Å². The Balaban J connectivity index is 1.44. The first-order valence-electron chi connectivity index (χ1n) is 8.74. The monoisotopic (exact) mass is 442 g/mol. The summed E-state index contributed by atoms with van der Waals surface area (Å²) in [6.07, 6.45) is 1.63. The van der Waals surface area contributed by atoms with Crippen LogP contribution in [0.2, 0.25) is 5.02 Å². The van der Waals surface area contributed by atoms with Gasteiger partial charge in [-0.05, 0) is 66.2 Å². The Morgan fingerprint density at radius 3 is 2.17 bits per heavy atom. The number of methoxy groups -OCH3 is 1. The predicted molar refractivity (Wildman–Crippen MR) is 121 cm³/mol. The number of carbonyl (C=O) groups is 1. The van der Waals surface area contributed by atoms with Gasteiger partial charge in [-0.2, -0.15) is 5.10 Å². The molecule has 1 N–H and O–H groups in total. The highest BCUT2D eigenvalue weighted by molar-refractivity contribution is 8.00. The van der Waals surface area contributed by atoms with Gasteiger partial charge >= 0.3 is 0 Å². The van der Waals surface area contributed by atoms with Crippen LogP contribution < -0.4 is 10.2 Å². The molecule has 0 bridgehead atoms. The number of rotatable bonds is 8. The first-order chi connectivity index (χ1) is 14.1. The highest BCUT2D eigenvalue weighted by atomic mass is 35.5. The molecular weight excluding hydrogens is 424 g/mol. The predicted octanol–water partition coefficient (Wildman–Crippen LogP) is 5.74. The number of benzene rings is 3. The van der Waals surface area contributed by atoms with Gasteiger partial charge in [0.1, 0.15) is 5.75 Å². The zero-order chi connectivity index (χ0) is 20.5. The summed E-state index contributed by atoms with van der Waals surface area (Å²) < 4.78 is 5.12. The number of hydrazone groups is 1. The van der Waals surface area contributed by atoms with Crippen LogP contribution in [0.3, 0.4) is 0 Å². The molecule has 0 atom stereocenters. The van der Waals surface area contributed by atoms with Crippen LogP contribution in [-0.4, -0.2) is 25.0 Å². The van der Waals surface area contributed by atoms with Crippen LogP contribution in [0.4, 0.5) is 0 Å². The van der Waals surface area contributed by atoms with E-state index < -0.39 is 0 Å². The Morgan fingerprint density at radius 2 is 1.55 bits per heavy atom. The molecule has 0 saturated heterocycles. The SMILES string of the molecule is COc1ccc(SCC(=O)N/N=C/c2ccc(Sc3ccc(Cl)cc3)cc2)cc1. The number of hydrogen-bond acceptors (Lipinski definition) is 5. The van der Waals surface area contributed by atoms with Gasteiger partial charge < -0.3 is 4.74 Å². The fourth-order valence-electron chi connectivity index (χ4n) is 2.29. The molecule has 0 unspecified atom stereocenters. The number of nitrogens with zero attached hydrogens (tertiary/aromatic N) is 1. The largest absolute Gasteiger partial charge is 0.497 e. The maximum Gasteiger partial charge on any atom is 0.250 e. The lowest BCUT2D eigenvalue weighted by Crippen LogP contribution is -2.19.